The van der Waals surface area contributed by atoms with E-state index < -0.39 is 16.0 Å². The lowest BCUT2D eigenvalue weighted by molar-refractivity contribution is 0.0602. The number of carbonyl (C=O) groups is 1. The Morgan fingerprint density at radius 1 is 1.65 bits per heavy atom. The molecular formula is C10H11NO4S2. The highest BCUT2D eigenvalue weighted by molar-refractivity contribution is 7.89. The number of thiophene rings is 1. The molecule has 92 valence electrons. The van der Waals surface area contributed by atoms with Gasteiger partial charge in [-0.2, -0.15) is 0 Å². The van der Waals surface area contributed by atoms with Crippen LogP contribution < -0.4 is 4.72 Å². The van der Waals surface area contributed by atoms with Crippen LogP contribution in [-0.4, -0.2) is 28.0 Å². The first-order valence-corrected chi connectivity index (χ1v) is 6.98. The van der Waals surface area contributed by atoms with Gasteiger partial charge in [0.15, 0.2) is 0 Å². The Morgan fingerprint density at radius 3 is 2.94 bits per heavy atom. The van der Waals surface area contributed by atoms with Crippen molar-refractivity contribution in [2.24, 2.45) is 0 Å². The molecular weight excluding hydrogens is 262 g/mol. The van der Waals surface area contributed by atoms with Gasteiger partial charge in [0.2, 0.25) is 10.0 Å². The van der Waals surface area contributed by atoms with Crippen molar-refractivity contribution in [2.75, 3.05) is 13.7 Å². The lowest BCUT2D eigenvalue weighted by Crippen LogP contribution is -2.25. The molecule has 0 saturated carbocycles. The number of ether oxygens (including phenoxy) is 1. The monoisotopic (exact) mass is 273 g/mol. The Balaban J connectivity index is 2.96. The van der Waals surface area contributed by atoms with Crippen LogP contribution in [0.3, 0.4) is 0 Å². The summed E-state index contributed by atoms with van der Waals surface area (Å²) in [6.45, 7) is 0.134. The van der Waals surface area contributed by atoms with E-state index >= 15 is 0 Å². The molecule has 5 nitrogen and oxygen atoms in total. The van der Waals surface area contributed by atoms with Crippen LogP contribution in [0.4, 0.5) is 0 Å². The molecule has 0 spiro atoms. The summed E-state index contributed by atoms with van der Waals surface area (Å²) < 4.78 is 30.5. The van der Waals surface area contributed by atoms with E-state index in [0.717, 1.165) is 11.3 Å². The summed E-state index contributed by atoms with van der Waals surface area (Å²) in [6, 6.07) is 1.36. The molecule has 7 heteroatoms. The van der Waals surface area contributed by atoms with E-state index in [4.69, 9.17) is 6.42 Å². The van der Waals surface area contributed by atoms with Gasteiger partial charge >= 0.3 is 5.97 Å². The minimum atomic E-state index is -3.71. The number of terminal acetylenes is 1. The van der Waals surface area contributed by atoms with Crippen LogP contribution in [-0.2, 0) is 14.8 Å². The lowest BCUT2D eigenvalue weighted by Gasteiger charge is -2.05. The van der Waals surface area contributed by atoms with Crippen LogP contribution in [0.1, 0.15) is 16.1 Å². The first-order valence-electron chi connectivity index (χ1n) is 4.62. The van der Waals surface area contributed by atoms with Crippen molar-refractivity contribution in [1.29, 1.82) is 0 Å². The lowest BCUT2D eigenvalue weighted by atomic mass is 10.5. The summed E-state index contributed by atoms with van der Waals surface area (Å²) in [7, 11) is -2.51. The molecule has 0 saturated heterocycles. The summed E-state index contributed by atoms with van der Waals surface area (Å²) in [6.07, 6.45) is 5.31. The van der Waals surface area contributed by atoms with Crippen LogP contribution in [0.15, 0.2) is 16.3 Å². The maximum Gasteiger partial charge on any atom is 0.349 e. The largest absolute Gasteiger partial charge is 0.465 e. The van der Waals surface area contributed by atoms with Gasteiger partial charge in [-0.25, -0.2) is 17.9 Å². The highest BCUT2D eigenvalue weighted by Gasteiger charge is 2.23. The molecule has 17 heavy (non-hydrogen) atoms. The van der Waals surface area contributed by atoms with E-state index in [1.807, 2.05) is 0 Å². The maximum absolute atomic E-state index is 11.8. The minimum Gasteiger partial charge on any atom is -0.465 e. The van der Waals surface area contributed by atoms with E-state index in [-0.39, 0.29) is 22.7 Å². The number of hydrogen-bond acceptors (Lipinski definition) is 5. The Bertz CT molecular complexity index is 539. The first-order chi connectivity index (χ1) is 8.03. The fourth-order valence-electron chi connectivity index (χ4n) is 1.09. The molecule has 0 radical (unpaired) electrons. The van der Waals surface area contributed by atoms with Crippen LogP contribution in [0.5, 0.6) is 0 Å². The molecule has 1 aromatic heterocycles. The summed E-state index contributed by atoms with van der Waals surface area (Å²) in [5, 5.41) is 1.52. The fourth-order valence-corrected chi connectivity index (χ4v) is 3.45. The average molecular weight is 273 g/mol. The number of hydrogen-bond donors (Lipinski definition) is 1. The van der Waals surface area contributed by atoms with Crippen LogP contribution in [0, 0.1) is 12.3 Å². The maximum atomic E-state index is 11.8. The summed E-state index contributed by atoms with van der Waals surface area (Å²) in [5.74, 6) is 1.65. The van der Waals surface area contributed by atoms with Crippen LogP contribution in [0.2, 0.25) is 0 Å². The smallest absolute Gasteiger partial charge is 0.349 e. The van der Waals surface area contributed by atoms with Crippen molar-refractivity contribution < 1.29 is 17.9 Å². The minimum absolute atomic E-state index is 0.0562. The van der Waals surface area contributed by atoms with Crippen molar-refractivity contribution in [3.8, 4) is 12.3 Å². The van der Waals surface area contributed by atoms with E-state index in [1.54, 1.807) is 0 Å². The first kappa shape index (κ1) is 13.7. The van der Waals surface area contributed by atoms with Gasteiger partial charge in [-0.3, -0.25) is 0 Å². The van der Waals surface area contributed by atoms with Crippen molar-refractivity contribution in [3.63, 3.8) is 0 Å². The van der Waals surface area contributed by atoms with E-state index in [0.29, 0.717) is 0 Å². The summed E-state index contributed by atoms with van der Waals surface area (Å²) >= 11 is 1.01. The van der Waals surface area contributed by atoms with Gasteiger partial charge in [-0.15, -0.1) is 23.7 Å². The molecule has 0 aliphatic carbocycles. The van der Waals surface area contributed by atoms with E-state index in [9.17, 15) is 13.2 Å². The third kappa shape index (κ3) is 3.30. The molecule has 1 N–H and O–H groups in total. The highest BCUT2D eigenvalue weighted by atomic mass is 32.2. The van der Waals surface area contributed by atoms with E-state index in [1.165, 1.54) is 18.6 Å². The number of methoxy groups -OCH3 is 1. The molecule has 1 heterocycles. The quantitative estimate of drug-likeness (QED) is 0.490. The zero-order valence-corrected chi connectivity index (χ0v) is 10.7. The van der Waals surface area contributed by atoms with Gasteiger partial charge in [0.05, 0.1) is 7.11 Å². The molecule has 0 aromatic carbocycles. The number of esters is 1. The molecule has 0 amide bonds. The molecule has 0 unspecified atom stereocenters. The van der Waals surface area contributed by atoms with Crippen molar-refractivity contribution in [3.05, 3.63) is 16.3 Å². The number of sulfonamides is 1. The number of nitrogens with one attached hydrogen (secondary N) is 1. The molecule has 0 atom stereocenters. The molecule has 0 aliphatic rings. The second-order valence-electron chi connectivity index (χ2n) is 2.96. The van der Waals surface area contributed by atoms with Crippen molar-refractivity contribution >= 4 is 27.3 Å². The van der Waals surface area contributed by atoms with Gasteiger partial charge in [0.1, 0.15) is 9.77 Å². The van der Waals surface area contributed by atoms with Gasteiger partial charge in [0, 0.05) is 13.0 Å². The Hall–Kier alpha value is -1.36. The average Bonchev–Trinajstić information content (AvgIpc) is 2.78. The zero-order chi connectivity index (χ0) is 12.9. The normalized spacial score (nSPS) is 10.8. The predicted octanol–water partition coefficient (Wildman–Crippen LogP) is 0.836. The van der Waals surface area contributed by atoms with Gasteiger partial charge in [-0.1, -0.05) is 0 Å². The second kappa shape index (κ2) is 5.82. The van der Waals surface area contributed by atoms with E-state index in [2.05, 4.69) is 15.4 Å². The molecule has 1 aromatic rings. The van der Waals surface area contributed by atoms with Gasteiger partial charge < -0.3 is 4.74 Å². The molecule has 0 aliphatic heterocycles. The summed E-state index contributed by atoms with van der Waals surface area (Å²) in [4.78, 5) is 11.3. The Morgan fingerprint density at radius 2 is 2.35 bits per heavy atom. The summed E-state index contributed by atoms with van der Waals surface area (Å²) in [5.41, 5.74) is 0. The Kier molecular flexibility index (Phi) is 4.69. The molecule has 0 bridgehead atoms. The predicted molar refractivity (Wildman–Crippen MR) is 64.3 cm³/mol. The number of rotatable bonds is 5. The third-order valence-electron chi connectivity index (χ3n) is 1.85. The molecule has 1 rings (SSSR count). The van der Waals surface area contributed by atoms with Crippen LogP contribution >= 0.6 is 11.3 Å². The third-order valence-corrected chi connectivity index (χ3v) is 4.38. The van der Waals surface area contributed by atoms with Gasteiger partial charge in [-0.05, 0) is 11.4 Å². The zero-order valence-electron chi connectivity index (χ0n) is 9.10. The SMILES string of the molecule is C#CCCNS(=O)(=O)c1ccsc1C(=O)OC. The van der Waals surface area contributed by atoms with Crippen molar-refractivity contribution in [1.82, 2.24) is 4.72 Å². The number of carbonyl (C=O) groups excluding carboxylic acids is 1. The van der Waals surface area contributed by atoms with Crippen LogP contribution in [0.25, 0.3) is 0 Å². The second-order valence-corrected chi connectivity index (χ2v) is 5.61. The van der Waals surface area contributed by atoms with Gasteiger partial charge in [0.25, 0.3) is 0 Å². The molecule has 0 fully saturated rings. The topological polar surface area (TPSA) is 72.5 Å². The van der Waals surface area contributed by atoms with Crippen molar-refractivity contribution in [2.45, 2.75) is 11.3 Å². The highest BCUT2D eigenvalue weighted by Crippen LogP contribution is 2.22. The fraction of sp³-hybridized carbons (Fsp3) is 0.300. The standard InChI is InChI=1S/C10H11NO4S2/c1-3-4-6-11-17(13,14)8-5-7-16-9(8)10(12)15-2/h1,5,7,11H,4,6H2,2H3. The Labute approximate surface area is 104 Å².